The molecule has 0 radical (unpaired) electrons. The average Bonchev–Trinajstić information content (AvgIpc) is 3.25. The monoisotopic (exact) mass is 434 g/mol. The Bertz CT molecular complexity index is 1050. The molecule has 6 nitrogen and oxygen atoms in total. The van der Waals surface area contributed by atoms with E-state index in [0.717, 1.165) is 42.0 Å². The van der Waals surface area contributed by atoms with Gasteiger partial charge in [0.15, 0.2) is 0 Å². The van der Waals surface area contributed by atoms with Crippen LogP contribution in [0.3, 0.4) is 0 Å². The van der Waals surface area contributed by atoms with Crippen molar-refractivity contribution >= 4 is 0 Å². The maximum absolute atomic E-state index is 12.4. The summed E-state index contributed by atoms with van der Waals surface area (Å²) in [5.41, 5.74) is 3.34. The highest BCUT2D eigenvalue weighted by atomic mass is 16.5. The number of benzene rings is 1. The molecule has 32 heavy (non-hydrogen) atoms. The molecule has 0 spiro atoms. The van der Waals surface area contributed by atoms with Crippen LogP contribution in [0.15, 0.2) is 55.2 Å². The first kappa shape index (κ1) is 22.6. The van der Waals surface area contributed by atoms with E-state index >= 15 is 0 Å². The van der Waals surface area contributed by atoms with Gasteiger partial charge in [0.1, 0.15) is 5.60 Å². The average molecular weight is 435 g/mol. The quantitative estimate of drug-likeness (QED) is 0.585. The SMILES string of the molecule is COCCc1cn(-c2cncc([C@@](O)(c3ccc(C(C)C)cc3)C3(C)CN(C)C3)c2)cn1. The van der Waals surface area contributed by atoms with Crippen molar-refractivity contribution in [2.45, 2.75) is 38.7 Å². The molecule has 2 aromatic heterocycles. The van der Waals surface area contributed by atoms with Gasteiger partial charge in [0.05, 0.1) is 30.5 Å². The van der Waals surface area contributed by atoms with Crippen LogP contribution in [0, 0.1) is 5.41 Å². The lowest BCUT2D eigenvalue weighted by Crippen LogP contribution is -2.63. The van der Waals surface area contributed by atoms with Crippen molar-refractivity contribution in [3.63, 3.8) is 0 Å². The Morgan fingerprint density at radius 1 is 1.16 bits per heavy atom. The van der Waals surface area contributed by atoms with Gasteiger partial charge in [0, 0.05) is 50.0 Å². The summed E-state index contributed by atoms with van der Waals surface area (Å²) >= 11 is 0. The van der Waals surface area contributed by atoms with Crippen molar-refractivity contribution < 1.29 is 9.84 Å². The van der Waals surface area contributed by atoms with Gasteiger partial charge in [-0.2, -0.15) is 0 Å². The molecular weight excluding hydrogens is 400 g/mol. The van der Waals surface area contributed by atoms with E-state index in [9.17, 15) is 5.11 Å². The summed E-state index contributed by atoms with van der Waals surface area (Å²) in [5, 5.41) is 12.4. The van der Waals surface area contributed by atoms with Gasteiger partial charge in [0.25, 0.3) is 0 Å². The number of imidazole rings is 1. The lowest BCUT2D eigenvalue weighted by Gasteiger charge is -2.55. The van der Waals surface area contributed by atoms with Crippen molar-refractivity contribution in [2.24, 2.45) is 5.41 Å². The van der Waals surface area contributed by atoms with Crippen LogP contribution in [0.1, 0.15) is 49.1 Å². The molecule has 0 amide bonds. The fraction of sp³-hybridized carbons (Fsp3) is 0.462. The van der Waals surface area contributed by atoms with E-state index in [1.807, 2.05) is 23.0 Å². The molecule has 3 heterocycles. The zero-order chi connectivity index (χ0) is 22.9. The van der Waals surface area contributed by atoms with Crippen molar-refractivity contribution in [2.75, 3.05) is 33.9 Å². The summed E-state index contributed by atoms with van der Waals surface area (Å²) in [6.07, 6.45) is 8.15. The van der Waals surface area contributed by atoms with Gasteiger partial charge in [-0.3, -0.25) is 4.98 Å². The van der Waals surface area contributed by atoms with Crippen molar-refractivity contribution in [1.82, 2.24) is 19.4 Å². The van der Waals surface area contributed by atoms with E-state index in [4.69, 9.17) is 4.74 Å². The van der Waals surface area contributed by atoms with Gasteiger partial charge >= 0.3 is 0 Å². The fourth-order valence-corrected chi connectivity index (χ4v) is 4.95. The number of hydrogen-bond acceptors (Lipinski definition) is 5. The molecule has 1 aliphatic heterocycles. The minimum Gasteiger partial charge on any atom is -0.384 e. The fourth-order valence-electron chi connectivity index (χ4n) is 4.95. The highest BCUT2D eigenvalue weighted by Crippen LogP contribution is 2.50. The lowest BCUT2D eigenvalue weighted by atomic mass is 9.62. The Morgan fingerprint density at radius 3 is 2.50 bits per heavy atom. The van der Waals surface area contributed by atoms with Crippen LogP contribution in [-0.4, -0.2) is 58.4 Å². The Hall–Kier alpha value is -2.54. The van der Waals surface area contributed by atoms with Gasteiger partial charge in [-0.25, -0.2) is 4.98 Å². The minimum atomic E-state index is -1.16. The van der Waals surface area contributed by atoms with Crippen LogP contribution in [0.25, 0.3) is 5.69 Å². The molecule has 1 aromatic carbocycles. The van der Waals surface area contributed by atoms with E-state index in [1.54, 1.807) is 19.6 Å². The molecule has 0 unspecified atom stereocenters. The van der Waals surface area contributed by atoms with Gasteiger partial charge in [0.2, 0.25) is 0 Å². The summed E-state index contributed by atoms with van der Waals surface area (Å²) in [6.45, 7) is 8.78. The molecule has 0 bridgehead atoms. The third kappa shape index (κ3) is 3.98. The number of hydrogen-bond donors (Lipinski definition) is 1. The second kappa shape index (κ2) is 8.77. The van der Waals surface area contributed by atoms with Crippen LogP contribution in [0.2, 0.25) is 0 Å². The first-order chi connectivity index (χ1) is 15.3. The lowest BCUT2D eigenvalue weighted by molar-refractivity contribution is -0.127. The number of ether oxygens (including phenoxy) is 1. The molecule has 1 saturated heterocycles. The largest absolute Gasteiger partial charge is 0.384 e. The topological polar surface area (TPSA) is 63.4 Å². The van der Waals surface area contributed by atoms with Gasteiger partial charge in [-0.15, -0.1) is 0 Å². The highest BCUT2D eigenvalue weighted by molar-refractivity contribution is 5.44. The van der Waals surface area contributed by atoms with Gasteiger partial charge in [-0.1, -0.05) is 45.0 Å². The van der Waals surface area contributed by atoms with Crippen molar-refractivity contribution in [3.05, 3.63) is 77.6 Å². The molecule has 3 aromatic rings. The molecule has 0 saturated carbocycles. The first-order valence-corrected chi connectivity index (χ1v) is 11.3. The van der Waals surface area contributed by atoms with Crippen LogP contribution < -0.4 is 0 Å². The number of rotatable bonds is 8. The third-order valence-corrected chi connectivity index (χ3v) is 6.74. The molecule has 6 heteroatoms. The highest BCUT2D eigenvalue weighted by Gasteiger charge is 2.55. The molecule has 0 aliphatic carbocycles. The molecule has 4 rings (SSSR count). The number of methoxy groups -OCH3 is 1. The van der Waals surface area contributed by atoms with Crippen LogP contribution >= 0.6 is 0 Å². The maximum Gasteiger partial charge on any atom is 0.124 e. The van der Waals surface area contributed by atoms with E-state index < -0.39 is 5.60 Å². The van der Waals surface area contributed by atoms with E-state index in [1.165, 1.54) is 5.56 Å². The smallest absolute Gasteiger partial charge is 0.124 e. The molecule has 1 N–H and O–H groups in total. The summed E-state index contributed by atoms with van der Waals surface area (Å²) in [7, 11) is 3.78. The minimum absolute atomic E-state index is 0.319. The van der Waals surface area contributed by atoms with E-state index in [-0.39, 0.29) is 5.41 Å². The van der Waals surface area contributed by atoms with Gasteiger partial charge in [-0.05, 0) is 30.2 Å². The van der Waals surface area contributed by atoms with Crippen molar-refractivity contribution in [1.29, 1.82) is 0 Å². The Morgan fingerprint density at radius 2 is 1.88 bits per heavy atom. The summed E-state index contributed by atoms with van der Waals surface area (Å²) in [6, 6.07) is 10.4. The zero-order valence-electron chi connectivity index (χ0n) is 19.7. The Balaban J connectivity index is 1.75. The van der Waals surface area contributed by atoms with Crippen LogP contribution in [-0.2, 0) is 16.8 Å². The number of likely N-dealkylation sites (tertiary alicyclic amines) is 1. The van der Waals surface area contributed by atoms with Crippen LogP contribution in [0.5, 0.6) is 0 Å². The summed E-state index contributed by atoms with van der Waals surface area (Å²) in [5.74, 6) is 0.445. The predicted molar refractivity (Wildman–Crippen MR) is 126 cm³/mol. The molecule has 1 aliphatic rings. The standard InChI is InChI=1S/C26H34N4O2/c1-19(2)20-6-8-21(9-7-20)26(31,25(3)16-29(4)17-25)22-12-24(14-27-13-22)30-15-23(28-18-30)10-11-32-5/h6-9,12-15,18-19,31H,10-11,16-17H2,1-5H3/t26-/m0/s1. The van der Waals surface area contributed by atoms with E-state index in [0.29, 0.717) is 12.5 Å². The summed E-state index contributed by atoms with van der Waals surface area (Å²) < 4.78 is 7.12. The Kier molecular flexibility index (Phi) is 6.21. The van der Waals surface area contributed by atoms with E-state index in [2.05, 4.69) is 67.0 Å². The normalized spacial score (nSPS) is 17.8. The second-order valence-electron chi connectivity index (χ2n) is 9.67. The maximum atomic E-state index is 12.4. The molecule has 1 fully saturated rings. The number of aliphatic hydroxyl groups is 1. The number of aromatic nitrogens is 3. The number of pyridine rings is 1. The first-order valence-electron chi connectivity index (χ1n) is 11.3. The van der Waals surface area contributed by atoms with Gasteiger partial charge < -0.3 is 19.3 Å². The number of nitrogens with zero attached hydrogens (tertiary/aromatic N) is 4. The predicted octanol–water partition coefficient (Wildman–Crippen LogP) is 3.77. The Labute approximate surface area is 190 Å². The zero-order valence-corrected chi connectivity index (χ0v) is 19.7. The molecule has 170 valence electrons. The van der Waals surface area contributed by atoms with Crippen molar-refractivity contribution in [3.8, 4) is 5.69 Å². The van der Waals surface area contributed by atoms with Crippen LogP contribution in [0.4, 0.5) is 0 Å². The third-order valence-electron chi connectivity index (χ3n) is 6.74. The second-order valence-corrected chi connectivity index (χ2v) is 9.67. The molecular formula is C26H34N4O2. The molecule has 1 atom stereocenters. The summed E-state index contributed by atoms with van der Waals surface area (Å²) in [4.78, 5) is 11.2.